The molecule has 25 heavy (non-hydrogen) atoms. The lowest BCUT2D eigenvalue weighted by Crippen LogP contribution is -2.14. The fraction of sp³-hybridized carbons (Fsp3) is 0.211. The number of nitrogens with one attached hydrogen (secondary N) is 1. The van der Waals surface area contributed by atoms with E-state index in [4.69, 9.17) is 9.15 Å². The summed E-state index contributed by atoms with van der Waals surface area (Å²) in [6.45, 7) is 3.92. The van der Waals surface area contributed by atoms with Crippen LogP contribution in [0.1, 0.15) is 16.7 Å². The van der Waals surface area contributed by atoms with Gasteiger partial charge >= 0.3 is 6.01 Å². The van der Waals surface area contributed by atoms with Crippen molar-refractivity contribution in [2.75, 3.05) is 12.4 Å². The predicted molar refractivity (Wildman–Crippen MR) is 94.5 cm³/mol. The van der Waals surface area contributed by atoms with Gasteiger partial charge < -0.3 is 9.15 Å². The first-order chi connectivity index (χ1) is 12.0. The Labute approximate surface area is 145 Å². The Morgan fingerprint density at radius 1 is 1.16 bits per heavy atom. The third-order valence-corrected chi connectivity index (χ3v) is 3.76. The number of carbonyl (C=O) groups excluding carboxylic acids is 1. The van der Waals surface area contributed by atoms with Gasteiger partial charge in [-0.2, -0.15) is 0 Å². The molecule has 0 bridgehead atoms. The molecule has 1 heterocycles. The normalized spacial score (nSPS) is 10.5. The lowest BCUT2D eigenvalue weighted by atomic mass is 10.1. The summed E-state index contributed by atoms with van der Waals surface area (Å²) < 4.78 is 10.7. The highest BCUT2D eigenvalue weighted by Crippen LogP contribution is 2.21. The van der Waals surface area contributed by atoms with Crippen LogP contribution in [0.2, 0.25) is 0 Å². The maximum atomic E-state index is 12.2. The summed E-state index contributed by atoms with van der Waals surface area (Å²) >= 11 is 0. The Hall–Kier alpha value is -3.15. The molecule has 128 valence electrons. The Kier molecular flexibility index (Phi) is 4.79. The topological polar surface area (TPSA) is 77.2 Å². The molecule has 0 atom stereocenters. The van der Waals surface area contributed by atoms with E-state index in [1.165, 1.54) is 0 Å². The van der Waals surface area contributed by atoms with Gasteiger partial charge in [-0.3, -0.25) is 10.1 Å². The van der Waals surface area contributed by atoms with Crippen LogP contribution in [0, 0.1) is 13.8 Å². The third kappa shape index (κ3) is 4.03. The van der Waals surface area contributed by atoms with E-state index in [1.54, 1.807) is 7.11 Å². The summed E-state index contributed by atoms with van der Waals surface area (Å²) in [5.41, 5.74) is 3.77. The van der Waals surface area contributed by atoms with Crippen LogP contribution in [-0.2, 0) is 11.2 Å². The molecule has 3 rings (SSSR count). The van der Waals surface area contributed by atoms with E-state index >= 15 is 0 Å². The molecular formula is C19H19N3O3. The van der Waals surface area contributed by atoms with Crippen LogP contribution in [0.4, 0.5) is 6.01 Å². The second-order valence-electron chi connectivity index (χ2n) is 5.81. The quantitative estimate of drug-likeness (QED) is 0.770. The number of ether oxygens (including phenoxy) is 1. The summed E-state index contributed by atoms with van der Waals surface area (Å²) in [5.74, 6) is 0.951. The molecule has 0 aliphatic heterocycles. The van der Waals surface area contributed by atoms with Crippen molar-refractivity contribution >= 4 is 11.9 Å². The maximum absolute atomic E-state index is 12.2. The second-order valence-corrected chi connectivity index (χ2v) is 5.81. The van der Waals surface area contributed by atoms with Gasteiger partial charge in [0.2, 0.25) is 11.8 Å². The average Bonchev–Trinajstić information content (AvgIpc) is 3.03. The SMILES string of the molecule is COc1ccc(CC(=O)Nc2nnc(-c3cccc(C)c3)o2)cc1C. The molecule has 6 nitrogen and oxygen atoms in total. The van der Waals surface area contributed by atoms with Crippen LogP contribution in [-0.4, -0.2) is 23.2 Å². The van der Waals surface area contributed by atoms with Crippen LogP contribution in [0.15, 0.2) is 46.9 Å². The minimum atomic E-state index is -0.219. The molecule has 6 heteroatoms. The van der Waals surface area contributed by atoms with E-state index in [2.05, 4.69) is 15.5 Å². The minimum Gasteiger partial charge on any atom is -0.496 e. The standard InChI is InChI=1S/C19H19N3O3/c1-12-5-4-6-15(9-12)18-21-22-19(25-18)20-17(23)11-14-7-8-16(24-3)13(2)10-14/h4-10H,11H2,1-3H3,(H,20,22,23). The van der Waals surface area contributed by atoms with E-state index in [0.29, 0.717) is 5.89 Å². The van der Waals surface area contributed by atoms with E-state index < -0.39 is 0 Å². The molecule has 0 radical (unpaired) electrons. The van der Waals surface area contributed by atoms with Crippen molar-refractivity contribution in [3.63, 3.8) is 0 Å². The summed E-state index contributed by atoms with van der Waals surface area (Å²) in [4.78, 5) is 12.2. The Balaban J connectivity index is 1.66. The Morgan fingerprint density at radius 3 is 2.72 bits per heavy atom. The Morgan fingerprint density at radius 2 is 2.00 bits per heavy atom. The van der Waals surface area contributed by atoms with Crippen molar-refractivity contribution in [1.29, 1.82) is 0 Å². The van der Waals surface area contributed by atoms with Crippen LogP contribution in [0.5, 0.6) is 5.75 Å². The summed E-state index contributed by atoms with van der Waals surface area (Å²) in [6, 6.07) is 13.4. The van der Waals surface area contributed by atoms with Gasteiger partial charge in [0.25, 0.3) is 0 Å². The van der Waals surface area contributed by atoms with E-state index in [0.717, 1.165) is 28.0 Å². The van der Waals surface area contributed by atoms with Gasteiger partial charge in [0.15, 0.2) is 0 Å². The first-order valence-corrected chi connectivity index (χ1v) is 7.89. The number of methoxy groups -OCH3 is 1. The fourth-order valence-corrected chi connectivity index (χ4v) is 2.57. The monoisotopic (exact) mass is 337 g/mol. The predicted octanol–water partition coefficient (Wildman–Crippen LogP) is 3.54. The zero-order valence-electron chi connectivity index (χ0n) is 14.4. The van der Waals surface area contributed by atoms with Crippen LogP contribution in [0.25, 0.3) is 11.5 Å². The van der Waals surface area contributed by atoms with Crippen molar-refractivity contribution in [3.8, 4) is 17.2 Å². The lowest BCUT2D eigenvalue weighted by Gasteiger charge is -2.07. The molecule has 2 aromatic carbocycles. The number of aromatic nitrogens is 2. The van der Waals surface area contributed by atoms with Crippen LogP contribution >= 0.6 is 0 Å². The number of rotatable bonds is 5. The van der Waals surface area contributed by atoms with Crippen molar-refractivity contribution in [1.82, 2.24) is 10.2 Å². The van der Waals surface area contributed by atoms with E-state index in [9.17, 15) is 4.79 Å². The molecule has 0 fully saturated rings. The largest absolute Gasteiger partial charge is 0.496 e. The average molecular weight is 337 g/mol. The van der Waals surface area contributed by atoms with Crippen LogP contribution in [0.3, 0.4) is 0 Å². The number of amides is 1. The van der Waals surface area contributed by atoms with Crippen molar-refractivity contribution in [3.05, 3.63) is 59.2 Å². The molecule has 0 aliphatic rings. The zero-order chi connectivity index (χ0) is 17.8. The van der Waals surface area contributed by atoms with Crippen molar-refractivity contribution in [2.24, 2.45) is 0 Å². The fourth-order valence-electron chi connectivity index (χ4n) is 2.57. The van der Waals surface area contributed by atoms with Gasteiger partial charge in [-0.05, 0) is 43.2 Å². The molecule has 0 saturated heterocycles. The number of aryl methyl sites for hydroxylation is 2. The molecule has 0 unspecified atom stereocenters. The van der Waals surface area contributed by atoms with Gasteiger partial charge in [-0.15, -0.1) is 5.10 Å². The summed E-state index contributed by atoms with van der Waals surface area (Å²) in [5, 5.41) is 10.5. The first kappa shape index (κ1) is 16.7. The number of carbonyl (C=O) groups is 1. The molecule has 0 saturated carbocycles. The molecular weight excluding hydrogens is 318 g/mol. The number of hydrogen-bond donors (Lipinski definition) is 1. The number of hydrogen-bond acceptors (Lipinski definition) is 5. The van der Waals surface area contributed by atoms with Gasteiger partial charge in [0.05, 0.1) is 13.5 Å². The number of anilines is 1. The highest BCUT2D eigenvalue weighted by Gasteiger charge is 2.12. The van der Waals surface area contributed by atoms with E-state index in [1.807, 2.05) is 56.3 Å². The lowest BCUT2D eigenvalue weighted by molar-refractivity contribution is -0.115. The maximum Gasteiger partial charge on any atom is 0.322 e. The van der Waals surface area contributed by atoms with Gasteiger partial charge in [0.1, 0.15) is 5.75 Å². The third-order valence-electron chi connectivity index (χ3n) is 3.76. The highest BCUT2D eigenvalue weighted by atomic mass is 16.5. The van der Waals surface area contributed by atoms with Gasteiger partial charge in [-0.25, -0.2) is 0 Å². The van der Waals surface area contributed by atoms with Gasteiger partial charge in [0, 0.05) is 5.56 Å². The summed E-state index contributed by atoms with van der Waals surface area (Å²) in [6.07, 6.45) is 0.215. The highest BCUT2D eigenvalue weighted by molar-refractivity contribution is 5.90. The molecule has 1 N–H and O–H groups in total. The minimum absolute atomic E-state index is 0.0896. The molecule has 1 amide bonds. The summed E-state index contributed by atoms with van der Waals surface area (Å²) in [7, 11) is 1.62. The zero-order valence-corrected chi connectivity index (χ0v) is 14.4. The van der Waals surface area contributed by atoms with E-state index in [-0.39, 0.29) is 18.3 Å². The Bertz CT molecular complexity index is 902. The molecule has 1 aromatic heterocycles. The van der Waals surface area contributed by atoms with Crippen molar-refractivity contribution in [2.45, 2.75) is 20.3 Å². The number of nitrogens with zero attached hydrogens (tertiary/aromatic N) is 2. The van der Waals surface area contributed by atoms with Crippen LogP contribution < -0.4 is 10.1 Å². The molecule has 0 aliphatic carbocycles. The molecule has 3 aromatic rings. The number of benzene rings is 2. The van der Waals surface area contributed by atoms with Gasteiger partial charge in [-0.1, -0.05) is 34.9 Å². The first-order valence-electron chi connectivity index (χ1n) is 7.89. The second kappa shape index (κ2) is 7.17. The van der Waals surface area contributed by atoms with Crippen molar-refractivity contribution < 1.29 is 13.9 Å². The molecule has 0 spiro atoms. The smallest absolute Gasteiger partial charge is 0.322 e.